The van der Waals surface area contributed by atoms with Crippen LogP contribution < -0.4 is 5.32 Å². The van der Waals surface area contributed by atoms with Gasteiger partial charge in [-0.3, -0.25) is 0 Å². The van der Waals surface area contributed by atoms with Gasteiger partial charge in [-0.25, -0.2) is 4.98 Å². The molecule has 0 amide bonds. The highest BCUT2D eigenvalue weighted by molar-refractivity contribution is 7.12. The molecule has 2 nitrogen and oxygen atoms in total. The Bertz CT molecular complexity index is 508. The molecule has 0 aliphatic carbocycles. The van der Waals surface area contributed by atoms with Crippen LogP contribution >= 0.6 is 22.7 Å². The minimum Gasteiger partial charge on any atom is -0.309 e. The van der Waals surface area contributed by atoms with Crippen molar-refractivity contribution < 1.29 is 0 Å². The quantitative estimate of drug-likeness (QED) is 0.853. The molecule has 2 aromatic heterocycles. The molecule has 2 aromatic rings. The van der Waals surface area contributed by atoms with E-state index in [2.05, 4.69) is 49.4 Å². The van der Waals surface area contributed by atoms with E-state index in [0.717, 1.165) is 25.1 Å². The molecule has 4 heteroatoms. The second-order valence-corrected chi connectivity index (χ2v) is 7.21. The van der Waals surface area contributed by atoms with Crippen molar-refractivity contribution in [2.75, 3.05) is 6.54 Å². The maximum atomic E-state index is 4.60. The van der Waals surface area contributed by atoms with Crippen LogP contribution in [0, 0.1) is 20.8 Å². The number of rotatable bonds is 6. The molecule has 0 fully saturated rings. The summed E-state index contributed by atoms with van der Waals surface area (Å²) < 4.78 is 0. The van der Waals surface area contributed by atoms with Crippen molar-refractivity contribution in [1.82, 2.24) is 10.3 Å². The molecule has 2 rings (SSSR count). The second kappa shape index (κ2) is 6.64. The fourth-order valence-corrected chi connectivity index (χ4v) is 3.97. The van der Waals surface area contributed by atoms with E-state index in [1.807, 2.05) is 11.3 Å². The maximum absolute atomic E-state index is 4.60. The summed E-state index contributed by atoms with van der Waals surface area (Å²) in [6.07, 6.45) is 2.16. The number of aromatic nitrogens is 1. The summed E-state index contributed by atoms with van der Waals surface area (Å²) in [5.41, 5.74) is 2.53. The fourth-order valence-electron chi connectivity index (χ4n) is 2.04. The van der Waals surface area contributed by atoms with Gasteiger partial charge in [0.2, 0.25) is 0 Å². The van der Waals surface area contributed by atoms with Crippen LogP contribution in [-0.4, -0.2) is 11.5 Å². The third kappa shape index (κ3) is 3.88. The van der Waals surface area contributed by atoms with Crippen molar-refractivity contribution in [3.05, 3.63) is 37.5 Å². The smallest absolute Gasteiger partial charge is 0.0947 e. The molecule has 0 saturated heterocycles. The number of thiophene rings is 1. The predicted octanol–water partition coefficient (Wildman–Crippen LogP) is 4.41. The number of nitrogens with one attached hydrogen (secondary N) is 1. The van der Waals surface area contributed by atoms with Crippen molar-refractivity contribution in [3.63, 3.8) is 0 Å². The molecule has 0 spiro atoms. The van der Waals surface area contributed by atoms with E-state index in [9.17, 15) is 0 Å². The van der Waals surface area contributed by atoms with E-state index in [-0.39, 0.29) is 0 Å². The third-order valence-electron chi connectivity index (χ3n) is 3.21. The molecule has 0 radical (unpaired) electrons. The van der Waals surface area contributed by atoms with Gasteiger partial charge in [-0.2, -0.15) is 0 Å². The van der Waals surface area contributed by atoms with Gasteiger partial charge in [-0.1, -0.05) is 6.92 Å². The average molecular weight is 294 g/mol. The Hall–Kier alpha value is -0.710. The standard InChI is InChI=1S/C15H22N2S2/c1-5-6-16-13(8-15-17-11(3)9-18-15)14-7-10(2)12(4)19-14/h7,9,13,16H,5-6,8H2,1-4H3. The van der Waals surface area contributed by atoms with E-state index in [1.54, 1.807) is 11.3 Å². The van der Waals surface area contributed by atoms with Gasteiger partial charge in [0.25, 0.3) is 0 Å². The van der Waals surface area contributed by atoms with Crippen LogP contribution in [0.15, 0.2) is 11.4 Å². The van der Waals surface area contributed by atoms with Crippen LogP contribution in [0.25, 0.3) is 0 Å². The van der Waals surface area contributed by atoms with Gasteiger partial charge in [0.1, 0.15) is 0 Å². The van der Waals surface area contributed by atoms with E-state index < -0.39 is 0 Å². The van der Waals surface area contributed by atoms with Crippen molar-refractivity contribution in [2.24, 2.45) is 0 Å². The number of nitrogens with zero attached hydrogens (tertiary/aromatic N) is 1. The van der Waals surface area contributed by atoms with Gasteiger partial charge in [0.15, 0.2) is 0 Å². The minimum absolute atomic E-state index is 0.405. The molecule has 19 heavy (non-hydrogen) atoms. The van der Waals surface area contributed by atoms with E-state index in [4.69, 9.17) is 0 Å². The number of hydrogen-bond donors (Lipinski definition) is 1. The molecule has 104 valence electrons. The molecule has 1 N–H and O–H groups in total. The summed E-state index contributed by atoms with van der Waals surface area (Å²) in [4.78, 5) is 7.46. The molecular weight excluding hydrogens is 272 g/mol. The minimum atomic E-state index is 0.405. The van der Waals surface area contributed by atoms with Crippen molar-refractivity contribution in [2.45, 2.75) is 46.6 Å². The Kier molecular flexibility index (Phi) is 5.13. The first-order chi connectivity index (χ1) is 9.10. The maximum Gasteiger partial charge on any atom is 0.0947 e. The summed E-state index contributed by atoms with van der Waals surface area (Å²) >= 11 is 3.68. The first kappa shape index (κ1) is 14.7. The molecule has 0 aromatic carbocycles. The van der Waals surface area contributed by atoms with Crippen LogP contribution in [0.4, 0.5) is 0 Å². The lowest BCUT2D eigenvalue weighted by Gasteiger charge is -2.15. The zero-order chi connectivity index (χ0) is 13.8. The average Bonchev–Trinajstić information content (AvgIpc) is 2.92. The van der Waals surface area contributed by atoms with Crippen molar-refractivity contribution >= 4 is 22.7 Å². The summed E-state index contributed by atoms with van der Waals surface area (Å²) in [6.45, 7) is 9.73. The molecule has 1 atom stereocenters. The molecule has 1 unspecified atom stereocenters. The monoisotopic (exact) mass is 294 g/mol. The lowest BCUT2D eigenvalue weighted by atomic mass is 10.1. The van der Waals surface area contributed by atoms with E-state index >= 15 is 0 Å². The Morgan fingerprint density at radius 1 is 1.32 bits per heavy atom. The van der Waals surface area contributed by atoms with Gasteiger partial charge in [-0.05, 0) is 45.4 Å². The molecule has 0 bridgehead atoms. The SMILES string of the molecule is CCCNC(Cc1nc(C)cs1)c1cc(C)c(C)s1. The van der Waals surface area contributed by atoms with Gasteiger partial charge >= 0.3 is 0 Å². The number of aryl methyl sites for hydroxylation is 3. The van der Waals surface area contributed by atoms with Crippen LogP contribution in [-0.2, 0) is 6.42 Å². The first-order valence-electron chi connectivity index (χ1n) is 6.81. The van der Waals surface area contributed by atoms with Gasteiger partial charge < -0.3 is 5.32 Å². The number of thiazole rings is 1. The van der Waals surface area contributed by atoms with Gasteiger partial charge in [-0.15, -0.1) is 22.7 Å². The first-order valence-corrected chi connectivity index (χ1v) is 8.51. The second-order valence-electron chi connectivity index (χ2n) is 4.98. The summed E-state index contributed by atoms with van der Waals surface area (Å²) in [5.74, 6) is 0. The molecule has 0 aliphatic heterocycles. The normalized spacial score (nSPS) is 12.8. The lowest BCUT2D eigenvalue weighted by Crippen LogP contribution is -2.23. The van der Waals surface area contributed by atoms with Gasteiger partial charge in [0, 0.05) is 33.3 Å². The zero-order valence-electron chi connectivity index (χ0n) is 12.1. The predicted molar refractivity (Wildman–Crippen MR) is 85.4 cm³/mol. The van der Waals surface area contributed by atoms with Crippen LogP contribution in [0.2, 0.25) is 0 Å². The summed E-state index contributed by atoms with van der Waals surface area (Å²) in [5, 5.41) is 7.03. The Balaban J connectivity index is 2.15. The Labute approximate surface area is 123 Å². The number of hydrogen-bond acceptors (Lipinski definition) is 4. The Morgan fingerprint density at radius 2 is 2.11 bits per heavy atom. The summed E-state index contributed by atoms with van der Waals surface area (Å²) in [6, 6.07) is 2.73. The summed E-state index contributed by atoms with van der Waals surface area (Å²) in [7, 11) is 0. The van der Waals surface area contributed by atoms with E-state index in [1.165, 1.54) is 20.3 Å². The highest BCUT2D eigenvalue weighted by atomic mass is 32.1. The molecular formula is C15H22N2S2. The zero-order valence-corrected chi connectivity index (χ0v) is 13.8. The topological polar surface area (TPSA) is 24.9 Å². The third-order valence-corrected chi connectivity index (χ3v) is 5.47. The fraction of sp³-hybridized carbons (Fsp3) is 0.533. The van der Waals surface area contributed by atoms with Crippen molar-refractivity contribution in [3.8, 4) is 0 Å². The van der Waals surface area contributed by atoms with Crippen LogP contribution in [0.5, 0.6) is 0 Å². The largest absolute Gasteiger partial charge is 0.309 e. The highest BCUT2D eigenvalue weighted by Crippen LogP contribution is 2.29. The van der Waals surface area contributed by atoms with Crippen molar-refractivity contribution in [1.29, 1.82) is 0 Å². The lowest BCUT2D eigenvalue weighted by molar-refractivity contribution is 0.535. The van der Waals surface area contributed by atoms with Crippen LogP contribution in [0.1, 0.15) is 45.4 Å². The Morgan fingerprint density at radius 3 is 2.63 bits per heavy atom. The highest BCUT2D eigenvalue weighted by Gasteiger charge is 2.16. The molecule has 2 heterocycles. The van der Waals surface area contributed by atoms with Gasteiger partial charge in [0.05, 0.1) is 5.01 Å². The molecule has 0 saturated carbocycles. The molecule has 0 aliphatic rings. The van der Waals surface area contributed by atoms with E-state index in [0.29, 0.717) is 6.04 Å². The van der Waals surface area contributed by atoms with Crippen LogP contribution in [0.3, 0.4) is 0 Å².